The molecule has 0 aliphatic rings. The van der Waals surface area contributed by atoms with E-state index >= 15 is 0 Å². The second kappa shape index (κ2) is 13.0. The minimum absolute atomic E-state index is 0.110. The highest BCUT2D eigenvalue weighted by Gasteiger charge is 2.13. The number of hydrogen-bond acceptors (Lipinski definition) is 4. The quantitative estimate of drug-likeness (QED) is 0.142. The predicted octanol–water partition coefficient (Wildman–Crippen LogP) is 6.41. The van der Waals surface area contributed by atoms with Crippen LogP contribution in [0, 0.1) is 0 Å². The maximum absolute atomic E-state index is 12.3. The molecule has 0 aromatic heterocycles. The Bertz CT molecular complexity index is 885. The summed E-state index contributed by atoms with van der Waals surface area (Å²) >= 11 is 11.9. The van der Waals surface area contributed by atoms with Gasteiger partial charge in [0.1, 0.15) is 5.75 Å². The van der Waals surface area contributed by atoms with Crippen molar-refractivity contribution in [3.8, 4) is 5.75 Å². The van der Waals surface area contributed by atoms with Crippen molar-refractivity contribution >= 4 is 41.3 Å². The maximum atomic E-state index is 12.3. The zero-order chi connectivity index (χ0) is 21.8. The predicted molar refractivity (Wildman–Crippen MR) is 122 cm³/mol. The molecular weight excluding hydrogens is 423 g/mol. The summed E-state index contributed by atoms with van der Waals surface area (Å²) in [6.45, 7) is 2.18. The lowest BCUT2D eigenvalue weighted by molar-refractivity contribution is -0.121. The Morgan fingerprint density at radius 2 is 1.80 bits per heavy atom. The van der Waals surface area contributed by atoms with E-state index in [9.17, 15) is 9.59 Å². The van der Waals surface area contributed by atoms with Crippen molar-refractivity contribution in [3.63, 3.8) is 0 Å². The van der Waals surface area contributed by atoms with Crippen LogP contribution in [0.25, 0.3) is 0 Å². The molecule has 0 saturated carbocycles. The normalized spacial score (nSPS) is 10.9. The zero-order valence-corrected chi connectivity index (χ0v) is 18.5. The van der Waals surface area contributed by atoms with Gasteiger partial charge in [0.15, 0.2) is 0 Å². The van der Waals surface area contributed by atoms with E-state index in [1.165, 1.54) is 37.6 Å². The number of nitrogens with zero attached hydrogens (tertiary/aromatic N) is 1. The highest BCUT2D eigenvalue weighted by atomic mass is 35.5. The summed E-state index contributed by atoms with van der Waals surface area (Å²) in [7, 11) is 0. The van der Waals surface area contributed by atoms with Crippen molar-refractivity contribution in [3.05, 3.63) is 63.6 Å². The molecule has 1 N–H and O–H groups in total. The van der Waals surface area contributed by atoms with Crippen LogP contribution in [0.5, 0.6) is 5.75 Å². The van der Waals surface area contributed by atoms with Gasteiger partial charge in [-0.15, -0.1) is 0 Å². The third kappa shape index (κ3) is 8.56. The van der Waals surface area contributed by atoms with Gasteiger partial charge in [0, 0.05) is 11.4 Å². The lowest BCUT2D eigenvalue weighted by Gasteiger charge is -2.07. The van der Waals surface area contributed by atoms with Gasteiger partial charge in [0.05, 0.1) is 16.8 Å². The first-order chi connectivity index (χ1) is 14.5. The van der Waals surface area contributed by atoms with E-state index in [2.05, 4.69) is 17.5 Å². The number of nitrogens with one attached hydrogen (secondary N) is 1. The minimum Gasteiger partial charge on any atom is -0.423 e. The van der Waals surface area contributed by atoms with Crippen LogP contribution in [0.15, 0.2) is 47.6 Å². The summed E-state index contributed by atoms with van der Waals surface area (Å²) in [4.78, 5) is 24.1. The van der Waals surface area contributed by atoms with Gasteiger partial charge in [-0.1, -0.05) is 74.4 Å². The Morgan fingerprint density at radius 3 is 2.57 bits per heavy atom. The maximum Gasteiger partial charge on any atom is 0.345 e. The summed E-state index contributed by atoms with van der Waals surface area (Å²) in [5, 5.41) is 4.63. The molecule has 0 aliphatic carbocycles. The number of unbranched alkanes of at least 4 members (excludes halogenated alkanes) is 5. The first-order valence-electron chi connectivity index (χ1n) is 10.1. The highest BCUT2D eigenvalue weighted by molar-refractivity contribution is 6.36. The number of carbonyl (C=O) groups excluding carboxylic acids is 2. The highest BCUT2D eigenvalue weighted by Crippen LogP contribution is 2.23. The fourth-order valence-corrected chi connectivity index (χ4v) is 3.26. The Kier molecular flexibility index (Phi) is 10.4. The molecule has 0 bridgehead atoms. The molecule has 0 saturated heterocycles. The molecule has 5 nitrogen and oxygen atoms in total. The standard InChI is InChI=1S/C23H26Cl2N2O3/c1-2-3-4-5-6-7-11-22(28)27-26-16-17-9-8-10-19(14-17)30-23(29)20-13-12-18(24)15-21(20)25/h8-10,12-16H,2-7,11H2,1H3,(H,27,28). The smallest absolute Gasteiger partial charge is 0.345 e. The van der Waals surface area contributed by atoms with Crippen LogP contribution in [0.1, 0.15) is 67.8 Å². The molecule has 2 aromatic carbocycles. The van der Waals surface area contributed by atoms with Crippen LogP contribution in [0.4, 0.5) is 0 Å². The van der Waals surface area contributed by atoms with Crippen LogP contribution in [0.2, 0.25) is 10.0 Å². The Morgan fingerprint density at radius 1 is 1.03 bits per heavy atom. The number of halogens is 2. The Balaban J connectivity index is 1.82. The number of esters is 1. The summed E-state index contributed by atoms with van der Waals surface area (Å²) in [5.74, 6) is -0.354. The van der Waals surface area contributed by atoms with E-state index in [1.807, 2.05) is 0 Å². The van der Waals surface area contributed by atoms with Crippen molar-refractivity contribution in [1.82, 2.24) is 5.43 Å². The van der Waals surface area contributed by atoms with Gasteiger partial charge in [0.2, 0.25) is 5.91 Å². The molecule has 0 heterocycles. The lowest BCUT2D eigenvalue weighted by atomic mass is 10.1. The number of benzene rings is 2. The van der Waals surface area contributed by atoms with E-state index in [0.717, 1.165) is 19.3 Å². The average Bonchev–Trinajstić information content (AvgIpc) is 2.71. The Labute approximate surface area is 187 Å². The zero-order valence-electron chi connectivity index (χ0n) is 17.0. The van der Waals surface area contributed by atoms with Crippen LogP contribution in [0.3, 0.4) is 0 Å². The van der Waals surface area contributed by atoms with Gasteiger partial charge in [0.25, 0.3) is 0 Å². The monoisotopic (exact) mass is 448 g/mol. The van der Waals surface area contributed by atoms with E-state index in [1.54, 1.807) is 30.3 Å². The molecule has 7 heteroatoms. The fourth-order valence-electron chi connectivity index (χ4n) is 2.78. The second-order valence-corrected chi connectivity index (χ2v) is 7.74. The SMILES string of the molecule is CCCCCCCCC(=O)NN=Cc1cccc(OC(=O)c2ccc(Cl)cc2Cl)c1. The Hall–Kier alpha value is -2.37. The van der Waals surface area contributed by atoms with Crippen molar-refractivity contribution in [2.24, 2.45) is 5.10 Å². The van der Waals surface area contributed by atoms with Crippen LogP contribution >= 0.6 is 23.2 Å². The van der Waals surface area contributed by atoms with Gasteiger partial charge in [-0.05, 0) is 42.3 Å². The number of amides is 1. The van der Waals surface area contributed by atoms with E-state index in [4.69, 9.17) is 27.9 Å². The van der Waals surface area contributed by atoms with Crippen LogP contribution < -0.4 is 10.2 Å². The molecule has 0 fully saturated rings. The van der Waals surface area contributed by atoms with Gasteiger partial charge in [-0.3, -0.25) is 4.79 Å². The third-order valence-corrected chi connectivity index (χ3v) is 4.93. The van der Waals surface area contributed by atoms with Gasteiger partial charge >= 0.3 is 5.97 Å². The fraction of sp³-hybridized carbons (Fsp3) is 0.348. The molecule has 2 aromatic rings. The van der Waals surface area contributed by atoms with Crippen LogP contribution in [-0.2, 0) is 4.79 Å². The summed E-state index contributed by atoms with van der Waals surface area (Å²) in [5.41, 5.74) is 3.43. The first kappa shape index (κ1) is 23.9. The van der Waals surface area contributed by atoms with Crippen molar-refractivity contribution in [2.45, 2.75) is 51.9 Å². The van der Waals surface area contributed by atoms with Gasteiger partial charge in [-0.2, -0.15) is 5.10 Å². The van der Waals surface area contributed by atoms with Crippen molar-refractivity contribution in [2.75, 3.05) is 0 Å². The molecule has 0 atom stereocenters. The topological polar surface area (TPSA) is 67.8 Å². The summed E-state index contributed by atoms with van der Waals surface area (Å²) in [6.07, 6.45) is 8.74. The lowest BCUT2D eigenvalue weighted by Crippen LogP contribution is -2.16. The molecule has 0 aliphatic heterocycles. The third-order valence-electron chi connectivity index (χ3n) is 4.38. The molecule has 0 radical (unpaired) electrons. The molecule has 0 unspecified atom stereocenters. The molecule has 30 heavy (non-hydrogen) atoms. The second-order valence-electron chi connectivity index (χ2n) is 6.90. The number of hydrazone groups is 1. The molecule has 1 amide bonds. The molecular formula is C23H26Cl2N2O3. The molecule has 0 spiro atoms. The summed E-state index contributed by atoms with van der Waals surface area (Å²) < 4.78 is 5.37. The summed E-state index contributed by atoms with van der Waals surface area (Å²) in [6, 6.07) is 11.4. The van der Waals surface area contributed by atoms with Crippen molar-refractivity contribution in [1.29, 1.82) is 0 Å². The average molecular weight is 449 g/mol. The van der Waals surface area contributed by atoms with E-state index < -0.39 is 5.97 Å². The van der Waals surface area contributed by atoms with Crippen LogP contribution in [-0.4, -0.2) is 18.1 Å². The van der Waals surface area contributed by atoms with E-state index in [0.29, 0.717) is 22.8 Å². The first-order valence-corrected chi connectivity index (χ1v) is 10.8. The van der Waals surface area contributed by atoms with E-state index in [-0.39, 0.29) is 16.5 Å². The molecule has 2 rings (SSSR count). The largest absolute Gasteiger partial charge is 0.423 e. The number of ether oxygens (including phenoxy) is 1. The number of carbonyl (C=O) groups is 2. The van der Waals surface area contributed by atoms with Gasteiger partial charge in [-0.25, -0.2) is 10.2 Å². The minimum atomic E-state index is -0.585. The van der Waals surface area contributed by atoms with Gasteiger partial charge < -0.3 is 4.74 Å². The molecule has 160 valence electrons. The number of rotatable bonds is 11. The number of hydrogen-bond donors (Lipinski definition) is 1. The van der Waals surface area contributed by atoms with Crippen molar-refractivity contribution < 1.29 is 14.3 Å².